The Morgan fingerprint density at radius 3 is 2.71 bits per heavy atom. The molecule has 2 rings (SSSR count). The molecule has 1 atom stereocenters. The Kier molecular flexibility index (Phi) is 4.63. The lowest BCUT2D eigenvalue weighted by Crippen LogP contribution is -2.37. The summed E-state index contributed by atoms with van der Waals surface area (Å²) >= 11 is 2.88. The number of nitrogens with one attached hydrogen (secondary N) is 2. The monoisotopic (exact) mass is 364 g/mol. The topological polar surface area (TPSA) is 41.1 Å². The Hall–Kier alpha value is -1.08. The van der Waals surface area contributed by atoms with Gasteiger partial charge < -0.3 is 10.6 Å². The summed E-state index contributed by atoms with van der Waals surface area (Å²) in [6.07, 6.45) is -3.12. The third kappa shape index (κ3) is 3.40. The van der Waals surface area contributed by atoms with Gasteiger partial charge in [0, 0.05) is 16.7 Å². The molecule has 0 bridgehead atoms. The maximum Gasteiger partial charge on any atom is 0.417 e. The van der Waals surface area contributed by atoms with E-state index in [9.17, 15) is 18.0 Å². The van der Waals surface area contributed by atoms with Crippen LogP contribution in [0.2, 0.25) is 0 Å². The highest BCUT2D eigenvalue weighted by Crippen LogP contribution is 2.37. The molecule has 0 radical (unpaired) electrons. The molecule has 1 heterocycles. The van der Waals surface area contributed by atoms with Gasteiger partial charge in [-0.1, -0.05) is 22.9 Å². The summed E-state index contributed by atoms with van der Waals surface area (Å²) in [7, 11) is 0. The lowest BCUT2D eigenvalue weighted by Gasteiger charge is -2.25. The zero-order valence-electron chi connectivity index (χ0n) is 11.5. The molecule has 0 saturated carbocycles. The van der Waals surface area contributed by atoms with E-state index in [1.807, 2.05) is 6.92 Å². The number of benzene rings is 1. The van der Waals surface area contributed by atoms with Gasteiger partial charge in [-0.15, -0.1) is 0 Å². The average Bonchev–Trinajstić information content (AvgIpc) is 2.89. The van der Waals surface area contributed by atoms with Gasteiger partial charge >= 0.3 is 6.18 Å². The van der Waals surface area contributed by atoms with Crippen LogP contribution in [0.25, 0.3) is 0 Å². The van der Waals surface area contributed by atoms with Crippen molar-refractivity contribution in [3.8, 4) is 0 Å². The molecule has 116 valence electrons. The highest BCUT2D eigenvalue weighted by molar-refractivity contribution is 9.10. The fourth-order valence-corrected chi connectivity index (χ4v) is 2.96. The standard InChI is InChI=1S/C14H16BrF3N2O/c1-2-13(5-6-19-8-13)12(21)20-9-3-4-11(15)10(7-9)14(16,17)18/h3-4,7,19H,2,5-6,8H2,1H3,(H,20,21). The quantitative estimate of drug-likeness (QED) is 0.856. The van der Waals surface area contributed by atoms with E-state index in [0.717, 1.165) is 12.6 Å². The van der Waals surface area contributed by atoms with Crippen molar-refractivity contribution < 1.29 is 18.0 Å². The van der Waals surface area contributed by atoms with Crippen LogP contribution in [0.5, 0.6) is 0 Å². The molecular formula is C14H16BrF3N2O. The van der Waals surface area contributed by atoms with Crippen LogP contribution in [0.15, 0.2) is 22.7 Å². The number of hydrogen-bond donors (Lipinski definition) is 2. The van der Waals surface area contributed by atoms with E-state index in [4.69, 9.17) is 0 Å². The van der Waals surface area contributed by atoms with E-state index in [1.165, 1.54) is 12.1 Å². The predicted molar refractivity (Wildman–Crippen MR) is 78.0 cm³/mol. The minimum Gasteiger partial charge on any atom is -0.326 e. The van der Waals surface area contributed by atoms with E-state index in [1.54, 1.807) is 0 Å². The minimum absolute atomic E-state index is 0.0410. The van der Waals surface area contributed by atoms with Gasteiger partial charge in [-0.3, -0.25) is 4.79 Å². The van der Waals surface area contributed by atoms with Gasteiger partial charge in [0.05, 0.1) is 11.0 Å². The SMILES string of the molecule is CCC1(C(=O)Nc2ccc(Br)c(C(F)(F)F)c2)CCNC1. The maximum absolute atomic E-state index is 12.9. The van der Waals surface area contributed by atoms with Crippen LogP contribution >= 0.6 is 15.9 Å². The van der Waals surface area contributed by atoms with Crippen LogP contribution in [0, 0.1) is 5.41 Å². The number of rotatable bonds is 3. The zero-order valence-corrected chi connectivity index (χ0v) is 13.1. The molecule has 0 aliphatic carbocycles. The molecule has 7 heteroatoms. The Morgan fingerprint density at radius 2 is 2.19 bits per heavy atom. The van der Waals surface area contributed by atoms with Gasteiger partial charge in [-0.05, 0) is 37.6 Å². The van der Waals surface area contributed by atoms with Crippen LogP contribution in [-0.2, 0) is 11.0 Å². The van der Waals surface area contributed by atoms with Gasteiger partial charge in [-0.2, -0.15) is 13.2 Å². The fourth-order valence-electron chi connectivity index (χ4n) is 2.48. The number of carbonyl (C=O) groups is 1. The first-order chi connectivity index (χ1) is 9.78. The maximum atomic E-state index is 12.9. The van der Waals surface area contributed by atoms with Gasteiger partial charge in [-0.25, -0.2) is 0 Å². The first kappa shape index (κ1) is 16.3. The first-order valence-electron chi connectivity index (χ1n) is 6.67. The van der Waals surface area contributed by atoms with Crippen LogP contribution in [0.4, 0.5) is 18.9 Å². The molecule has 0 aromatic heterocycles. The van der Waals surface area contributed by atoms with Gasteiger partial charge in [0.25, 0.3) is 0 Å². The summed E-state index contributed by atoms with van der Waals surface area (Å²) in [5.74, 6) is -0.231. The zero-order chi connectivity index (χ0) is 15.7. The third-order valence-electron chi connectivity index (χ3n) is 3.93. The van der Waals surface area contributed by atoms with Crippen molar-refractivity contribution in [3.05, 3.63) is 28.2 Å². The number of anilines is 1. The van der Waals surface area contributed by atoms with Crippen molar-refractivity contribution >= 4 is 27.5 Å². The lowest BCUT2D eigenvalue weighted by atomic mass is 9.83. The number of halogens is 4. The van der Waals surface area contributed by atoms with Crippen molar-refractivity contribution in [2.45, 2.75) is 25.9 Å². The van der Waals surface area contributed by atoms with Gasteiger partial charge in [0.1, 0.15) is 0 Å². The second-order valence-corrected chi connectivity index (χ2v) is 6.06. The molecule has 0 spiro atoms. The van der Waals surface area contributed by atoms with Crippen LogP contribution < -0.4 is 10.6 Å². The molecule has 1 aliphatic heterocycles. The van der Waals surface area contributed by atoms with E-state index < -0.39 is 17.2 Å². The highest BCUT2D eigenvalue weighted by atomic mass is 79.9. The Bertz CT molecular complexity index is 540. The third-order valence-corrected chi connectivity index (χ3v) is 4.62. The first-order valence-corrected chi connectivity index (χ1v) is 7.47. The van der Waals surface area contributed by atoms with Gasteiger partial charge in [0.15, 0.2) is 0 Å². The Labute approximate surface area is 129 Å². The summed E-state index contributed by atoms with van der Waals surface area (Å²) in [4.78, 5) is 12.4. The number of alkyl halides is 3. The summed E-state index contributed by atoms with van der Waals surface area (Å²) in [5.41, 5.74) is -1.17. The fraction of sp³-hybridized carbons (Fsp3) is 0.500. The van der Waals surface area contributed by atoms with Crippen LogP contribution in [0.1, 0.15) is 25.3 Å². The van der Waals surface area contributed by atoms with E-state index in [-0.39, 0.29) is 16.1 Å². The lowest BCUT2D eigenvalue weighted by molar-refractivity contribution is -0.138. The average molecular weight is 365 g/mol. The molecular weight excluding hydrogens is 349 g/mol. The summed E-state index contributed by atoms with van der Waals surface area (Å²) in [5, 5.41) is 5.74. The molecule has 2 N–H and O–H groups in total. The molecule has 21 heavy (non-hydrogen) atoms. The van der Waals surface area contributed by atoms with Crippen molar-refractivity contribution in [3.63, 3.8) is 0 Å². The molecule has 3 nitrogen and oxygen atoms in total. The minimum atomic E-state index is -4.46. The molecule has 1 fully saturated rings. The largest absolute Gasteiger partial charge is 0.417 e. The molecule has 1 aliphatic rings. The summed E-state index contributed by atoms with van der Waals surface area (Å²) < 4.78 is 38.5. The van der Waals surface area contributed by atoms with Crippen LogP contribution in [0.3, 0.4) is 0 Å². The second kappa shape index (κ2) is 5.96. The molecule has 1 aromatic carbocycles. The molecule has 1 saturated heterocycles. The van der Waals surface area contributed by atoms with Crippen molar-refractivity contribution in [2.24, 2.45) is 5.41 Å². The predicted octanol–water partition coefficient (Wildman–Crippen LogP) is 3.80. The Morgan fingerprint density at radius 1 is 1.48 bits per heavy atom. The van der Waals surface area contributed by atoms with E-state index >= 15 is 0 Å². The van der Waals surface area contributed by atoms with Crippen LogP contribution in [-0.4, -0.2) is 19.0 Å². The van der Waals surface area contributed by atoms with E-state index in [2.05, 4.69) is 26.6 Å². The Balaban J connectivity index is 2.22. The number of carbonyl (C=O) groups excluding carboxylic acids is 1. The normalized spacial score (nSPS) is 22.3. The summed E-state index contributed by atoms with van der Waals surface area (Å²) in [6, 6.07) is 3.71. The molecule has 1 amide bonds. The second-order valence-electron chi connectivity index (χ2n) is 5.21. The number of hydrogen-bond acceptors (Lipinski definition) is 2. The molecule has 1 unspecified atom stereocenters. The van der Waals surface area contributed by atoms with E-state index in [0.29, 0.717) is 19.4 Å². The molecule has 1 aromatic rings. The number of amides is 1. The van der Waals surface area contributed by atoms with Crippen molar-refractivity contribution in [2.75, 3.05) is 18.4 Å². The van der Waals surface area contributed by atoms with Gasteiger partial charge in [0.2, 0.25) is 5.91 Å². The van der Waals surface area contributed by atoms with Crippen molar-refractivity contribution in [1.82, 2.24) is 5.32 Å². The summed E-state index contributed by atoms with van der Waals surface area (Å²) in [6.45, 7) is 3.21. The van der Waals surface area contributed by atoms with Crippen molar-refractivity contribution in [1.29, 1.82) is 0 Å². The highest BCUT2D eigenvalue weighted by Gasteiger charge is 2.40. The smallest absolute Gasteiger partial charge is 0.326 e.